The third kappa shape index (κ3) is 1.38. The van der Waals surface area contributed by atoms with Crippen LogP contribution in [0.2, 0.25) is 0 Å². The summed E-state index contributed by atoms with van der Waals surface area (Å²) in [5, 5.41) is 19.0. The Balaban J connectivity index is 2.95. The number of rotatable bonds is 1. The second-order valence-electron chi connectivity index (χ2n) is 2.95. The molecule has 0 fully saturated rings. The van der Waals surface area contributed by atoms with Crippen molar-refractivity contribution in [2.24, 2.45) is 0 Å². The summed E-state index contributed by atoms with van der Waals surface area (Å²) in [6.45, 7) is 0. The van der Waals surface area contributed by atoms with E-state index in [9.17, 15) is 15.0 Å². The molecule has 2 N–H and O–H groups in total. The van der Waals surface area contributed by atoms with Gasteiger partial charge in [-0.1, -0.05) is 0 Å². The van der Waals surface area contributed by atoms with Crippen molar-refractivity contribution in [3.05, 3.63) is 28.6 Å². The van der Waals surface area contributed by atoms with Gasteiger partial charge in [-0.2, -0.15) is 0 Å². The van der Waals surface area contributed by atoms with E-state index in [1.807, 2.05) is 0 Å². The fourth-order valence-corrected chi connectivity index (χ4v) is 1.36. The van der Waals surface area contributed by atoms with Gasteiger partial charge >= 0.3 is 5.63 Å². The lowest BCUT2D eigenvalue weighted by atomic mass is 10.2. The van der Waals surface area contributed by atoms with E-state index in [4.69, 9.17) is 9.15 Å². The maximum atomic E-state index is 11.1. The molecule has 2 rings (SSSR count). The average molecular weight is 208 g/mol. The van der Waals surface area contributed by atoms with E-state index in [0.29, 0.717) is 5.39 Å². The first-order valence-corrected chi connectivity index (χ1v) is 4.16. The van der Waals surface area contributed by atoms with E-state index >= 15 is 0 Å². The van der Waals surface area contributed by atoms with Crippen LogP contribution in [0.25, 0.3) is 11.0 Å². The minimum Gasteiger partial charge on any atom is -0.508 e. The third-order valence-corrected chi connectivity index (χ3v) is 2.02. The SMILES string of the molecule is COc1c(O)c(=O)oc2ccc(O)cc12. The highest BCUT2D eigenvalue weighted by Crippen LogP contribution is 2.33. The zero-order valence-electron chi connectivity index (χ0n) is 7.85. The van der Waals surface area contributed by atoms with Crippen molar-refractivity contribution in [3.8, 4) is 17.2 Å². The van der Waals surface area contributed by atoms with E-state index in [2.05, 4.69) is 0 Å². The predicted molar refractivity (Wildman–Crippen MR) is 52.4 cm³/mol. The Labute approximate surface area is 84.1 Å². The van der Waals surface area contributed by atoms with Crippen molar-refractivity contribution < 1.29 is 19.4 Å². The lowest BCUT2D eigenvalue weighted by Crippen LogP contribution is -2.00. The Morgan fingerprint density at radius 1 is 1.33 bits per heavy atom. The number of hydrogen-bond acceptors (Lipinski definition) is 5. The van der Waals surface area contributed by atoms with E-state index in [1.54, 1.807) is 0 Å². The van der Waals surface area contributed by atoms with Gasteiger partial charge in [-0.25, -0.2) is 4.79 Å². The van der Waals surface area contributed by atoms with Crippen molar-refractivity contribution in [3.63, 3.8) is 0 Å². The number of aromatic hydroxyl groups is 2. The summed E-state index contributed by atoms with van der Waals surface area (Å²) in [6.07, 6.45) is 0. The summed E-state index contributed by atoms with van der Waals surface area (Å²) < 4.78 is 9.67. The fraction of sp³-hybridized carbons (Fsp3) is 0.100. The predicted octanol–water partition coefficient (Wildman–Crippen LogP) is 1.21. The molecule has 0 aliphatic heterocycles. The highest BCUT2D eigenvalue weighted by Gasteiger charge is 2.14. The van der Waals surface area contributed by atoms with Crippen LogP contribution in [-0.4, -0.2) is 17.3 Å². The standard InChI is InChI=1S/C10H8O5/c1-14-9-6-4-5(11)2-3-7(6)15-10(13)8(9)12/h2-4,11-12H,1H3. The Morgan fingerprint density at radius 3 is 2.73 bits per heavy atom. The van der Waals surface area contributed by atoms with Crippen molar-refractivity contribution in [2.75, 3.05) is 7.11 Å². The number of methoxy groups -OCH3 is 1. The van der Waals surface area contributed by atoms with Crippen LogP contribution < -0.4 is 10.4 Å². The van der Waals surface area contributed by atoms with Crippen LogP contribution in [0.1, 0.15) is 0 Å². The van der Waals surface area contributed by atoms with Crippen molar-refractivity contribution in [2.45, 2.75) is 0 Å². The molecule has 0 aliphatic carbocycles. The third-order valence-electron chi connectivity index (χ3n) is 2.02. The van der Waals surface area contributed by atoms with Gasteiger partial charge in [-0.15, -0.1) is 0 Å². The molecule has 1 aromatic carbocycles. The molecule has 1 aromatic heterocycles. The topological polar surface area (TPSA) is 79.9 Å². The van der Waals surface area contributed by atoms with E-state index in [-0.39, 0.29) is 17.1 Å². The summed E-state index contributed by atoms with van der Waals surface area (Å²) in [4.78, 5) is 11.1. The molecule has 0 aliphatic rings. The molecular formula is C10H8O5. The minimum absolute atomic E-state index is 0.00264. The van der Waals surface area contributed by atoms with Crippen molar-refractivity contribution >= 4 is 11.0 Å². The maximum absolute atomic E-state index is 11.1. The first kappa shape index (κ1) is 9.39. The molecule has 15 heavy (non-hydrogen) atoms. The van der Waals surface area contributed by atoms with Crippen LogP contribution in [0.15, 0.2) is 27.4 Å². The van der Waals surface area contributed by atoms with Gasteiger partial charge < -0.3 is 19.4 Å². The molecular weight excluding hydrogens is 200 g/mol. The maximum Gasteiger partial charge on any atom is 0.382 e. The van der Waals surface area contributed by atoms with Crippen LogP contribution in [0, 0.1) is 0 Å². The highest BCUT2D eigenvalue weighted by molar-refractivity contribution is 5.86. The molecule has 5 nitrogen and oxygen atoms in total. The zero-order valence-corrected chi connectivity index (χ0v) is 7.85. The number of ether oxygens (including phenoxy) is 1. The molecule has 0 saturated heterocycles. The van der Waals surface area contributed by atoms with Gasteiger partial charge in [0, 0.05) is 0 Å². The summed E-state index contributed by atoms with van der Waals surface area (Å²) in [5.74, 6) is -0.609. The van der Waals surface area contributed by atoms with Crippen LogP contribution >= 0.6 is 0 Å². The zero-order chi connectivity index (χ0) is 11.0. The Morgan fingerprint density at radius 2 is 2.07 bits per heavy atom. The average Bonchev–Trinajstić information content (AvgIpc) is 2.21. The summed E-state index contributed by atoms with van der Waals surface area (Å²) in [6, 6.07) is 4.15. The molecule has 0 saturated carbocycles. The molecule has 0 amide bonds. The van der Waals surface area contributed by atoms with Crippen molar-refractivity contribution in [1.82, 2.24) is 0 Å². The van der Waals surface area contributed by atoms with Gasteiger partial charge in [-0.3, -0.25) is 0 Å². The summed E-state index contributed by atoms with van der Waals surface area (Å²) in [5.41, 5.74) is -0.627. The molecule has 0 radical (unpaired) electrons. The Bertz CT molecular complexity index is 570. The van der Waals surface area contributed by atoms with Gasteiger partial charge in [0.05, 0.1) is 12.5 Å². The lowest BCUT2D eigenvalue weighted by Gasteiger charge is -2.05. The van der Waals surface area contributed by atoms with Gasteiger partial charge in [0.2, 0.25) is 5.75 Å². The van der Waals surface area contributed by atoms with E-state index in [1.165, 1.54) is 25.3 Å². The molecule has 0 atom stereocenters. The molecule has 78 valence electrons. The van der Waals surface area contributed by atoms with Crippen LogP contribution in [0.5, 0.6) is 17.2 Å². The number of fused-ring (bicyclic) bond motifs is 1. The van der Waals surface area contributed by atoms with Crippen molar-refractivity contribution in [1.29, 1.82) is 0 Å². The molecule has 0 spiro atoms. The van der Waals surface area contributed by atoms with E-state index < -0.39 is 11.4 Å². The molecule has 2 aromatic rings. The number of benzene rings is 1. The van der Waals surface area contributed by atoms with Crippen LogP contribution in [0.4, 0.5) is 0 Å². The number of phenols is 1. The molecule has 1 heterocycles. The molecule has 0 unspecified atom stereocenters. The fourth-order valence-electron chi connectivity index (χ4n) is 1.36. The second-order valence-corrected chi connectivity index (χ2v) is 2.95. The highest BCUT2D eigenvalue weighted by atomic mass is 16.5. The lowest BCUT2D eigenvalue weighted by molar-refractivity contribution is 0.357. The second kappa shape index (κ2) is 3.20. The summed E-state index contributed by atoms with van der Waals surface area (Å²) in [7, 11) is 1.32. The van der Waals surface area contributed by atoms with Crippen LogP contribution in [-0.2, 0) is 0 Å². The monoisotopic (exact) mass is 208 g/mol. The van der Waals surface area contributed by atoms with Gasteiger partial charge in [0.25, 0.3) is 0 Å². The Kier molecular flexibility index (Phi) is 2.00. The van der Waals surface area contributed by atoms with E-state index in [0.717, 1.165) is 0 Å². The molecule has 0 bridgehead atoms. The quantitative estimate of drug-likeness (QED) is 0.688. The van der Waals surface area contributed by atoms with Gasteiger partial charge in [0.1, 0.15) is 11.3 Å². The normalized spacial score (nSPS) is 10.5. The summed E-state index contributed by atoms with van der Waals surface area (Å²) >= 11 is 0. The van der Waals surface area contributed by atoms with Crippen LogP contribution in [0.3, 0.4) is 0 Å². The largest absolute Gasteiger partial charge is 0.508 e. The minimum atomic E-state index is -0.870. The smallest absolute Gasteiger partial charge is 0.382 e. The van der Waals surface area contributed by atoms with Gasteiger partial charge in [-0.05, 0) is 18.2 Å². The molecule has 5 heteroatoms. The van der Waals surface area contributed by atoms with Gasteiger partial charge in [0.15, 0.2) is 5.75 Å². The first-order chi connectivity index (χ1) is 7.13. The number of hydrogen-bond donors (Lipinski definition) is 2. The Hall–Kier alpha value is -2.17. The first-order valence-electron chi connectivity index (χ1n) is 4.16. The number of phenolic OH excluding ortho intramolecular Hbond substituents is 1.